The number of hydrogen-bond acceptors (Lipinski definition) is 3. The number of carbonyl (C=O) groups is 1. The first-order valence-corrected chi connectivity index (χ1v) is 6.62. The third-order valence-corrected chi connectivity index (χ3v) is 3.31. The topological polar surface area (TPSA) is 58.6 Å². The van der Waals surface area contributed by atoms with Gasteiger partial charge in [0, 0.05) is 12.5 Å². The molecule has 1 atom stereocenters. The van der Waals surface area contributed by atoms with Crippen LogP contribution in [0.5, 0.6) is 5.75 Å². The lowest BCUT2D eigenvalue weighted by molar-refractivity contribution is -0.137. The number of carboxylic acid groups (broad SMARTS) is 1. The van der Waals surface area contributed by atoms with Crippen LogP contribution in [0, 0.1) is 0 Å². The largest absolute Gasteiger partial charge is 0.496 e. The molecule has 1 rings (SSSR count). The average Bonchev–Trinajstić information content (AvgIpc) is 2.34. The molecule has 0 aliphatic carbocycles. The Morgan fingerprint density at radius 1 is 1.56 bits per heavy atom. The smallest absolute Gasteiger partial charge is 0.303 e. The summed E-state index contributed by atoms with van der Waals surface area (Å²) >= 11 is 3.45. The van der Waals surface area contributed by atoms with Crippen LogP contribution < -0.4 is 10.1 Å². The Kier molecular flexibility index (Phi) is 6.15. The first-order chi connectivity index (χ1) is 8.54. The Hall–Kier alpha value is -1.07. The molecule has 1 aromatic rings. The zero-order chi connectivity index (χ0) is 13.5. The van der Waals surface area contributed by atoms with Crippen LogP contribution in [0.2, 0.25) is 0 Å². The van der Waals surface area contributed by atoms with Crippen LogP contribution in [-0.4, -0.2) is 24.7 Å². The minimum atomic E-state index is -0.753. The minimum Gasteiger partial charge on any atom is -0.496 e. The van der Waals surface area contributed by atoms with Crippen molar-refractivity contribution in [3.05, 3.63) is 28.2 Å². The van der Waals surface area contributed by atoms with E-state index in [0.29, 0.717) is 13.0 Å². The van der Waals surface area contributed by atoms with Crippen LogP contribution >= 0.6 is 15.9 Å². The summed E-state index contributed by atoms with van der Waals surface area (Å²) in [4.78, 5) is 10.4. The maximum atomic E-state index is 10.4. The van der Waals surface area contributed by atoms with Gasteiger partial charge in [0.1, 0.15) is 5.75 Å². The van der Waals surface area contributed by atoms with Crippen LogP contribution in [0.15, 0.2) is 22.7 Å². The van der Waals surface area contributed by atoms with Crippen molar-refractivity contribution < 1.29 is 14.6 Å². The highest BCUT2D eigenvalue weighted by Crippen LogP contribution is 2.27. The van der Waals surface area contributed by atoms with Gasteiger partial charge in [0.2, 0.25) is 0 Å². The van der Waals surface area contributed by atoms with Crippen molar-refractivity contribution in [2.75, 3.05) is 13.7 Å². The first kappa shape index (κ1) is 15.0. The van der Waals surface area contributed by atoms with Gasteiger partial charge in [-0.25, -0.2) is 0 Å². The van der Waals surface area contributed by atoms with Crippen molar-refractivity contribution in [2.24, 2.45) is 0 Å². The standard InChI is InChI=1S/C13H18BrNO3/c1-9(15-7-3-4-13(16)17)10-5-6-12(18-2)11(14)8-10/h5-6,8-9,15H,3-4,7H2,1-2H3,(H,16,17). The van der Waals surface area contributed by atoms with Gasteiger partial charge in [-0.05, 0) is 53.5 Å². The predicted octanol–water partition coefficient (Wildman–Crippen LogP) is 2.97. The quantitative estimate of drug-likeness (QED) is 0.759. The molecule has 18 heavy (non-hydrogen) atoms. The van der Waals surface area contributed by atoms with Gasteiger partial charge >= 0.3 is 5.97 Å². The first-order valence-electron chi connectivity index (χ1n) is 5.83. The second kappa shape index (κ2) is 7.38. The van der Waals surface area contributed by atoms with E-state index in [1.807, 2.05) is 18.2 Å². The van der Waals surface area contributed by atoms with Crippen LogP contribution in [-0.2, 0) is 4.79 Å². The van der Waals surface area contributed by atoms with E-state index < -0.39 is 5.97 Å². The molecule has 0 aromatic heterocycles. The van der Waals surface area contributed by atoms with E-state index in [4.69, 9.17) is 9.84 Å². The molecular formula is C13H18BrNO3. The Morgan fingerprint density at radius 3 is 2.83 bits per heavy atom. The molecule has 2 N–H and O–H groups in total. The summed E-state index contributed by atoms with van der Waals surface area (Å²) in [5.74, 6) is 0.0495. The van der Waals surface area contributed by atoms with E-state index in [1.165, 1.54) is 0 Å². The Labute approximate surface area is 115 Å². The molecule has 0 heterocycles. The van der Waals surface area contributed by atoms with Gasteiger partial charge in [-0.15, -0.1) is 0 Å². The lowest BCUT2D eigenvalue weighted by atomic mass is 10.1. The fourth-order valence-corrected chi connectivity index (χ4v) is 2.19. The van der Waals surface area contributed by atoms with Crippen molar-refractivity contribution in [1.82, 2.24) is 5.32 Å². The number of nitrogens with one attached hydrogen (secondary N) is 1. The molecule has 0 aliphatic rings. The second-order valence-electron chi connectivity index (χ2n) is 4.07. The van der Waals surface area contributed by atoms with Crippen LogP contribution in [0.4, 0.5) is 0 Å². The summed E-state index contributed by atoms with van der Waals surface area (Å²) in [7, 11) is 1.63. The Bertz CT molecular complexity index is 409. The zero-order valence-electron chi connectivity index (χ0n) is 10.6. The molecular weight excluding hydrogens is 298 g/mol. The predicted molar refractivity (Wildman–Crippen MR) is 74.0 cm³/mol. The summed E-state index contributed by atoms with van der Waals surface area (Å²) in [5.41, 5.74) is 1.14. The third-order valence-electron chi connectivity index (χ3n) is 2.69. The van der Waals surface area contributed by atoms with Crippen molar-refractivity contribution in [2.45, 2.75) is 25.8 Å². The molecule has 0 fully saturated rings. The fraction of sp³-hybridized carbons (Fsp3) is 0.462. The molecule has 0 bridgehead atoms. The van der Waals surface area contributed by atoms with Gasteiger partial charge < -0.3 is 15.2 Å². The summed E-state index contributed by atoms with van der Waals surface area (Å²) in [6.07, 6.45) is 0.836. The van der Waals surface area contributed by atoms with Crippen molar-refractivity contribution in [3.8, 4) is 5.75 Å². The molecule has 0 saturated carbocycles. The zero-order valence-corrected chi connectivity index (χ0v) is 12.2. The van der Waals surface area contributed by atoms with Crippen molar-refractivity contribution >= 4 is 21.9 Å². The van der Waals surface area contributed by atoms with E-state index in [2.05, 4.69) is 28.2 Å². The van der Waals surface area contributed by atoms with E-state index in [1.54, 1.807) is 7.11 Å². The highest BCUT2D eigenvalue weighted by atomic mass is 79.9. The molecule has 4 nitrogen and oxygen atoms in total. The number of benzene rings is 1. The lowest BCUT2D eigenvalue weighted by Crippen LogP contribution is -2.20. The summed E-state index contributed by atoms with van der Waals surface area (Å²) in [6, 6.07) is 6.10. The monoisotopic (exact) mass is 315 g/mol. The second-order valence-corrected chi connectivity index (χ2v) is 4.92. The summed E-state index contributed by atoms with van der Waals surface area (Å²) in [5, 5.41) is 11.8. The number of hydrogen-bond donors (Lipinski definition) is 2. The van der Waals surface area contributed by atoms with Gasteiger partial charge in [0.25, 0.3) is 0 Å². The van der Waals surface area contributed by atoms with E-state index >= 15 is 0 Å². The molecule has 1 unspecified atom stereocenters. The van der Waals surface area contributed by atoms with Crippen LogP contribution in [0.3, 0.4) is 0 Å². The van der Waals surface area contributed by atoms with Gasteiger partial charge in [-0.1, -0.05) is 6.07 Å². The van der Waals surface area contributed by atoms with Crippen molar-refractivity contribution in [3.63, 3.8) is 0 Å². The summed E-state index contributed by atoms with van der Waals surface area (Å²) in [6.45, 7) is 2.74. The number of methoxy groups -OCH3 is 1. The average molecular weight is 316 g/mol. The lowest BCUT2D eigenvalue weighted by Gasteiger charge is -2.15. The Morgan fingerprint density at radius 2 is 2.28 bits per heavy atom. The van der Waals surface area contributed by atoms with Crippen LogP contribution in [0.1, 0.15) is 31.4 Å². The van der Waals surface area contributed by atoms with Gasteiger partial charge in [-0.2, -0.15) is 0 Å². The van der Waals surface area contributed by atoms with Crippen LogP contribution in [0.25, 0.3) is 0 Å². The Balaban J connectivity index is 2.48. The van der Waals surface area contributed by atoms with Gasteiger partial charge in [0.15, 0.2) is 0 Å². The maximum absolute atomic E-state index is 10.4. The SMILES string of the molecule is COc1ccc(C(C)NCCCC(=O)O)cc1Br. The normalized spacial score (nSPS) is 12.2. The highest BCUT2D eigenvalue weighted by molar-refractivity contribution is 9.10. The molecule has 100 valence electrons. The van der Waals surface area contributed by atoms with Crippen molar-refractivity contribution in [1.29, 1.82) is 0 Å². The number of halogens is 1. The molecule has 5 heteroatoms. The number of carboxylic acids is 1. The molecule has 0 saturated heterocycles. The molecule has 0 aliphatic heterocycles. The maximum Gasteiger partial charge on any atom is 0.303 e. The molecule has 0 radical (unpaired) electrons. The minimum absolute atomic E-state index is 0.181. The molecule has 0 spiro atoms. The molecule has 1 aromatic carbocycles. The molecule has 0 amide bonds. The number of aliphatic carboxylic acids is 1. The van der Waals surface area contributed by atoms with Gasteiger partial charge in [-0.3, -0.25) is 4.79 Å². The van der Waals surface area contributed by atoms with E-state index in [9.17, 15) is 4.79 Å². The third kappa shape index (κ3) is 4.66. The highest BCUT2D eigenvalue weighted by Gasteiger charge is 2.08. The van der Waals surface area contributed by atoms with E-state index in [0.717, 1.165) is 15.8 Å². The fourth-order valence-electron chi connectivity index (χ4n) is 1.63. The van der Waals surface area contributed by atoms with E-state index in [-0.39, 0.29) is 12.5 Å². The number of rotatable bonds is 7. The summed E-state index contributed by atoms with van der Waals surface area (Å²) < 4.78 is 6.09. The van der Waals surface area contributed by atoms with Gasteiger partial charge in [0.05, 0.1) is 11.6 Å². The number of ether oxygens (including phenoxy) is 1.